The van der Waals surface area contributed by atoms with Crippen molar-refractivity contribution in [2.75, 3.05) is 19.6 Å². The Morgan fingerprint density at radius 3 is 2.60 bits per heavy atom. The van der Waals surface area contributed by atoms with E-state index in [-0.39, 0.29) is 17.7 Å². The molecule has 3 rings (SSSR count). The highest BCUT2D eigenvalue weighted by Gasteiger charge is 2.44. The lowest BCUT2D eigenvalue weighted by Gasteiger charge is -2.36. The molecule has 2 aliphatic rings. The van der Waals surface area contributed by atoms with Crippen LogP contribution in [0.15, 0.2) is 30.3 Å². The summed E-state index contributed by atoms with van der Waals surface area (Å²) in [5, 5.41) is 12.5. The van der Waals surface area contributed by atoms with Gasteiger partial charge >= 0.3 is 0 Å². The molecule has 0 unspecified atom stereocenters. The van der Waals surface area contributed by atoms with Crippen LogP contribution in [-0.4, -0.2) is 36.3 Å². The number of carbonyl (C=O) groups excluding carboxylic acids is 2. The zero-order valence-electron chi connectivity index (χ0n) is 14.5. The fourth-order valence-electron chi connectivity index (χ4n) is 4.00. The van der Waals surface area contributed by atoms with E-state index in [2.05, 4.69) is 11.4 Å². The third-order valence-corrected chi connectivity index (χ3v) is 5.47. The molecule has 0 bridgehead atoms. The molecule has 132 valence electrons. The van der Waals surface area contributed by atoms with E-state index in [0.717, 1.165) is 32.2 Å². The van der Waals surface area contributed by atoms with Crippen LogP contribution in [0.3, 0.4) is 0 Å². The summed E-state index contributed by atoms with van der Waals surface area (Å²) in [7, 11) is 0. The Morgan fingerprint density at radius 2 is 1.92 bits per heavy atom. The lowest BCUT2D eigenvalue weighted by atomic mass is 9.85. The molecule has 5 nitrogen and oxygen atoms in total. The number of likely N-dealkylation sites (tertiary alicyclic amines) is 1. The maximum Gasteiger partial charge on any atom is 0.251 e. The smallest absolute Gasteiger partial charge is 0.251 e. The zero-order chi connectivity index (χ0) is 17.7. The normalized spacial score (nSPS) is 22.2. The molecule has 1 saturated carbocycles. The molecule has 1 heterocycles. The number of amides is 2. The molecule has 0 spiro atoms. The van der Waals surface area contributed by atoms with E-state index in [9.17, 15) is 14.9 Å². The van der Waals surface area contributed by atoms with Crippen molar-refractivity contribution in [3.05, 3.63) is 35.9 Å². The Morgan fingerprint density at radius 1 is 1.20 bits per heavy atom. The fourth-order valence-corrected chi connectivity index (χ4v) is 4.00. The summed E-state index contributed by atoms with van der Waals surface area (Å²) in [5.41, 5.74) is -0.143. The first-order valence-electron chi connectivity index (χ1n) is 9.18. The number of hydrogen-bond donors (Lipinski definition) is 1. The standard InChI is InChI=1S/C20H25N3O2/c21-15-20(10-4-5-11-20)19(25)23-12-6-7-16(14-23)13-22-18(24)17-8-2-1-3-9-17/h1-3,8-9,16H,4-7,10-14H2,(H,22,24)/t16-/m0/s1. The summed E-state index contributed by atoms with van der Waals surface area (Å²) < 4.78 is 0. The number of nitrogens with zero attached hydrogens (tertiary/aromatic N) is 2. The first-order chi connectivity index (χ1) is 12.1. The van der Waals surface area contributed by atoms with E-state index < -0.39 is 5.41 Å². The van der Waals surface area contributed by atoms with Crippen LogP contribution in [0.5, 0.6) is 0 Å². The molecule has 1 atom stereocenters. The number of rotatable bonds is 4. The molecule has 1 aromatic carbocycles. The summed E-state index contributed by atoms with van der Waals surface area (Å²) in [6, 6.07) is 11.5. The van der Waals surface area contributed by atoms with Crippen LogP contribution in [0.25, 0.3) is 0 Å². The van der Waals surface area contributed by atoms with Gasteiger partial charge < -0.3 is 10.2 Å². The van der Waals surface area contributed by atoms with Gasteiger partial charge in [-0.15, -0.1) is 0 Å². The first kappa shape index (κ1) is 17.5. The van der Waals surface area contributed by atoms with Crippen molar-refractivity contribution in [1.29, 1.82) is 5.26 Å². The van der Waals surface area contributed by atoms with E-state index in [4.69, 9.17) is 0 Å². The Balaban J connectivity index is 1.55. The summed E-state index contributed by atoms with van der Waals surface area (Å²) in [4.78, 5) is 26.9. The van der Waals surface area contributed by atoms with Gasteiger partial charge in [-0.05, 0) is 43.7 Å². The van der Waals surface area contributed by atoms with Crippen LogP contribution in [-0.2, 0) is 4.79 Å². The van der Waals surface area contributed by atoms with Crippen LogP contribution >= 0.6 is 0 Å². The van der Waals surface area contributed by atoms with Crippen molar-refractivity contribution < 1.29 is 9.59 Å². The molecule has 1 aliphatic carbocycles. The van der Waals surface area contributed by atoms with Gasteiger partial charge in [0.1, 0.15) is 5.41 Å². The van der Waals surface area contributed by atoms with Gasteiger partial charge in [0.2, 0.25) is 5.91 Å². The molecule has 0 radical (unpaired) electrons. The maximum atomic E-state index is 12.9. The highest BCUT2D eigenvalue weighted by Crippen LogP contribution is 2.39. The third-order valence-electron chi connectivity index (χ3n) is 5.47. The minimum absolute atomic E-state index is 0.00610. The van der Waals surface area contributed by atoms with Gasteiger partial charge in [-0.25, -0.2) is 0 Å². The Labute approximate surface area is 149 Å². The molecule has 25 heavy (non-hydrogen) atoms. The SMILES string of the molecule is N#CC1(C(=O)N2CCC[C@@H](CNC(=O)c3ccccc3)C2)CCCC1. The van der Waals surface area contributed by atoms with E-state index in [0.29, 0.717) is 31.5 Å². The molecule has 0 aromatic heterocycles. The van der Waals surface area contributed by atoms with Gasteiger partial charge in [0.25, 0.3) is 5.91 Å². The molecule has 5 heteroatoms. The molecule has 2 amide bonds. The van der Waals surface area contributed by atoms with Crippen molar-refractivity contribution in [1.82, 2.24) is 10.2 Å². The van der Waals surface area contributed by atoms with Gasteiger partial charge in [0.15, 0.2) is 0 Å². The molecule has 2 fully saturated rings. The summed E-state index contributed by atoms with van der Waals surface area (Å²) in [6.45, 7) is 1.93. The van der Waals surface area contributed by atoms with Crippen molar-refractivity contribution >= 4 is 11.8 Å². The number of piperidine rings is 1. The largest absolute Gasteiger partial charge is 0.352 e. The molecule has 1 saturated heterocycles. The summed E-state index contributed by atoms with van der Waals surface area (Å²) in [6.07, 6.45) is 5.23. The van der Waals surface area contributed by atoms with E-state index in [1.54, 1.807) is 12.1 Å². The van der Waals surface area contributed by atoms with Crippen LogP contribution < -0.4 is 5.32 Å². The van der Waals surface area contributed by atoms with E-state index >= 15 is 0 Å². The van der Waals surface area contributed by atoms with Gasteiger partial charge in [-0.2, -0.15) is 5.26 Å². The van der Waals surface area contributed by atoms with Crippen LogP contribution in [0.4, 0.5) is 0 Å². The van der Waals surface area contributed by atoms with E-state index in [1.165, 1.54) is 0 Å². The monoisotopic (exact) mass is 339 g/mol. The van der Waals surface area contributed by atoms with E-state index in [1.807, 2.05) is 23.1 Å². The predicted octanol–water partition coefficient (Wildman–Crippen LogP) is 2.74. The van der Waals surface area contributed by atoms with Gasteiger partial charge in [-0.3, -0.25) is 9.59 Å². The second-order valence-corrected chi connectivity index (χ2v) is 7.24. The second-order valence-electron chi connectivity index (χ2n) is 7.24. The number of benzene rings is 1. The highest BCUT2D eigenvalue weighted by molar-refractivity contribution is 5.94. The fraction of sp³-hybridized carbons (Fsp3) is 0.550. The minimum Gasteiger partial charge on any atom is -0.352 e. The Kier molecular flexibility index (Phi) is 5.37. The minimum atomic E-state index is -0.796. The van der Waals surface area contributed by atoms with Crippen LogP contribution in [0.2, 0.25) is 0 Å². The Hall–Kier alpha value is -2.35. The predicted molar refractivity (Wildman–Crippen MR) is 94.6 cm³/mol. The molecule has 1 aromatic rings. The molecule has 1 N–H and O–H groups in total. The number of nitriles is 1. The molecule has 1 aliphatic heterocycles. The number of carbonyl (C=O) groups is 2. The van der Waals surface area contributed by atoms with Crippen LogP contribution in [0.1, 0.15) is 48.9 Å². The summed E-state index contributed by atoms with van der Waals surface area (Å²) in [5.74, 6) is 0.183. The highest BCUT2D eigenvalue weighted by atomic mass is 16.2. The average Bonchev–Trinajstić information content (AvgIpc) is 3.17. The second kappa shape index (κ2) is 7.69. The average molecular weight is 339 g/mol. The number of hydrogen-bond acceptors (Lipinski definition) is 3. The lowest BCUT2D eigenvalue weighted by Crippen LogP contribution is -2.48. The third kappa shape index (κ3) is 3.84. The maximum absolute atomic E-state index is 12.9. The molecular weight excluding hydrogens is 314 g/mol. The summed E-state index contributed by atoms with van der Waals surface area (Å²) >= 11 is 0. The van der Waals surface area contributed by atoms with Crippen LogP contribution in [0, 0.1) is 22.7 Å². The van der Waals surface area contributed by atoms with Gasteiger partial charge in [0.05, 0.1) is 6.07 Å². The van der Waals surface area contributed by atoms with Gasteiger partial charge in [-0.1, -0.05) is 31.0 Å². The quantitative estimate of drug-likeness (QED) is 0.916. The van der Waals surface area contributed by atoms with Crippen molar-refractivity contribution in [2.45, 2.75) is 38.5 Å². The van der Waals surface area contributed by atoms with Gasteiger partial charge in [0, 0.05) is 25.2 Å². The number of nitrogens with one attached hydrogen (secondary N) is 1. The molecular formula is C20H25N3O2. The zero-order valence-corrected chi connectivity index (χ0v) is 14.5. The first-order valence-corrected chi connectivity index (χ1v) is 9.18. The van der Waals surface area contributed by atoms with Crippen molar-refractivity contribution in [2.24, 2.45) is 11.3 Å². The topological polar surface area (TPSA) is 73.2 Å². The van der Waals surface area contributed by atoms with Crippen molar-refractivity contribution in [3.8, 4) is 6.07 Å². The lowest BCUT2D eigenvalue weighted by molar-refractivity contribution is -0.140. The van der Waals surface area contributed by atoms with Crippen molar-refractivity contribution in [3.63, 3.8) is 0 Å². The Bertz CT molecular complexity index is 659.